The number of hydrogen-bond acceptors (Lipinski definition) is 2. The van der Waals surface area contributed by atoms with Crippen LogP contribution in [0.4, 0.5) is 0 Å². The first-order chi connectivity index (χ1) is 18.4. The summed E-state index contributed by atoms with van der Waals surface area (Å²) < 4.78 is 0.333. The van der Waals surface area contributed by atoms with Gasteiger partial charge in [-0.05, 0) is 6.42 Å². The maximum Gasteiger partial charge on any atom is -0.0253 e. The van der Waals surface area contributed by atoms with E-state index in [2.05, 4.69) is 74.5 Å². The molecule has 5 heteroatoms. The van der Waals surface area contributed by atoms with E-state index in [-0.39, 0.29) is 36.4 Å². The Balaban J connectivity index is 0.000000223. The zero-order valence-corrected chi connectivity index (χ0v) is 26.3. The summed E-state index contributed by atoms with van der Waals surface area (Å²) in [5, 5.41) is 0. The Bertz CT molecular complexity index is 1440. The van der Waals surface area contributed by atoms with Gasteiger partial charge in [-0.3, -0.25) is 0 Å². The summed E-state index contributed by atoms with van der Waals surface area (Å²) in [6.07, 6.45) is 1.05. The molecule has 0 radical (unpaired) electrons. The van der Waals surface area contributed by atoms with Crippen LogP contribution in [0.1, 0.15) is 43.0 Å². The van der Waals surface area contributed by atoms with Crippen LogP contribution in [0.5, 0.6) is 0 Å². The topological polar surface area (TPSA) is 34.1 Å². The minimum absolute atomic E-state index is 0. The Morgan fingerprint density at radius 1 is 0.725 bits per heavy atom. The van der Waals surface area contributed by atoms with Crippen LogP contribution in [0, 0.1) is 19.9 Å². The number of hydrogen-bond donors (Lipinski definition) is 0. The molecule has 0 atom stereocenters. The Morgan fingerprint density at radius 3 is 1.75 bits per heavy atom. The molecular formula is C35H28Cl2O2Zr-2. The summed E-state index contributed by atoms with van der Waals surface area (Å²) in [6, 6.07) is 42.3. The molecular weight excluding hydrogens is 615 g/mol. The second-order valence-corrected chi connectivity index (χ2v) is 10.4. The van der Waals surface area contributed by atoms with E-state index in [1.807, 2.05) is 18.2 Å². The molecule has 0 N–H and O–H groups in total. The van der Waals surface area contributed by atoms with Gasteiger partial charge in [0, 0.05) is 0 Å². The van der Waals surface area contributed by atoms with Gasteiger partial charge in [-0.25, -0.2) is 11.6 Å². The number of ketones is 2. The molecule has 0 heterocycles. The first-order valence-electron chi connectivity index (χ1n) is 12.5. The van der Waals surface area contributed by atoms with Crippen molar-refractivity contribution in [1.29, 1.82) is 0 Å². The number of halogens is 2. The summed E-state index contributed by atoms with van der Waals surface area (Å²) in [7, 11) is 0. The van der Waals surface area contributed by atoms with Crippen molar-refractivity contribution in [3.63, 3.8) is 0 Å². The van der Waals surface area contributed by atoms with Crippen LogP contribution < -0.4 is 24.8 Å². The van der Waals surface area contributed by atoms with E-state index in [4.69, 9.17) is 0 Å². The van der Waals surface area contributed by atoms with Crippen LogP contribution in [0.2, 0.25) is 0 Å². The zero-order chi connectivity index (χ0) is 26.9. The van der Waals surface area contributed by atoms with Crippen molar-refractivity contribution < 1.29 is 58.6 Å². The molecule has 0 spiro atoms. The van der Waals surface area contributed by atoms with Gasteiger partial charge in [0.2, 0.25) is 0 Å². The van der Waals surface area contributed by atoms with Crippen molar-refractivity contribution in [1.82, 2.24) is 0 Å². The summed E-state index contributed by atoms with van der Waals surface area (Å²) >= 11 is 0.842. The van der Waals surface area contributed by atoms with Gasteiger partial charge >= 0.3 is 120 Å². The number of rotatable bonds is 4. The van der Waals surface area contributed by atoms with Gasteiger partial charge in [0.25, 0.3) is 0 Å². The molecule has 200 valence electrons. The molecule has 0 saturated carbocycles. The molecule has 1 aliphatic carbocycles. The zero-order valence-electron chi connectivity index (χ0n) is 22.3. The van der Waals surface area contributed by atoms with E-state index >= 15 is 0 Å². The average Bonchev–Trinajstić information content (AvgIpc) is 3.55. The quantitative estimate of drug-likeness (QED) is 0.166. The molecule has 0 aliphatic heterocycles. The second kappa shape index (κ2) is 16.2. The molecule has 1 aliphatic rings. The molecule has 0 fully saturated rings. The van der Waals surface area contributed by atoms with E-state index < -0.39 is 0 Å². The third kappa shape index (κ3) is 8.70. The third-order valence-corrected chi connectivity index (χ3v) is 7.32. The molecule has 0 bridgehead atoms. The van der Waals surface area contributed by atoms with Crippen molar-refractivity contribution in [3.05, 3.63) is 161 Å². The Morgan fingerprint density at radius 2 is 1.25 bits per heavy atom. The molecule has 40 heavy (non-hydrogen) atoms. The number of fused-ring (bicyclic) bond motifs is 3. The predicted molar refractivity (Wildman–Crippen MR) is 152 cm³/mol. The summed E-state index contributed by atoms with van der Waals surface area (Å²) in [5.74, 6) is -0.356. The number of benzene rings is 4. The molecule has 5 aromatic rings. The van der Waals surface area contributed by atoms with E-state index in [0.717, 1.165) is 30.7 Å². The van der Waals surface area contributed by atoms with Gasteiger partial charge in [-0.2, -0.15) is 47.5 Å². The molecule has 6 rings (SSSR count). The molecule has 0 unspecified atom stereocenters. The standard InChI is InChI=1S/C15H10O2.C13H9.C7H9.2ClH.Zr/c16-14(12-7-3-1-4-8-12)11-15(17)13-9-5-2-6-10-13;1-3-7-12-10(5-1)9-11-6-2-4-8-13(11)12;1-6-3-4-7(2)5-6;;;/h1-10H;1-5,7-8H,9H2;3-5H,1-2H3;2*1H;/q;2*-1;;;+2/p-2. The Hall–Kier alpha value is -3.10. The van der Waals surface area contributed by atoms with Crippen LogP contribution in [-0.2, 0) is 30.7 Å². The fourth-order valence-corrected chi connectivity index (χ4v) is 5.00. The summed E-state index contributed by atoms with van der Waals surface area (Å²) in [6.45, 7) is 4.21. The van der Waals surface area contributed by atoms with Gasteiger partial charge in [-0.1, -0.05) is 49.2 Å². The minimum atomic E-state index is -0.178. The third-order valence-electron chi connectivity index (χ3n) is 6.21. The van der Waals surface area contributed by atoms with Gasteiger partial charge in [-0.15, -0.1) is 5.56 Å². The summed E-state index contributed by atoms with van der Waals surface area (Å²) in [5.41, 5.74) is 9.35. The first-order valence-corrected chi connectivity index (χ1v) is 13.7. The van der Waals surface area contributed by atoms with Gasteiger partial charge < -0.3 is 24.8 Å². The van der Waals surface area contributed by atoms with Crippen molar-refractivity contribution in [2.45, 2.75) is 20.3 Å². The van der Waals surface area contributed by atoms with Crippen LogP contribution >= 0.6 is 0 Å². The molecule has 5 aromatic carbocycles. The van der Waals surface area contributed by atoms with Crippen molar-refractivity contribution in [3.8, 4) is 11.1 Å². The first kappa shape index (κ1) is 33.1. The van der Waals surface area contributed by atoms with Crippen LogP contribution in [0.15, 0.2) is 121 Å². The largest absolute Gasteiger partial charge is 1.00 e. The van der Waals surface area contributed by atoms with Crippen LogP contribution in [0.3, 0.4) is 0 Å². The van der Waals surface area contributed by atoms with Crippen LogP contribution in [0.25, 0.3) is 11.1 Å². The number of carbonyl (C=O) groups is 2. The maximum atomic E-state index is 12.1. The Labute approximate surface area is 264 Å². The molecule has 0 aromatic heterocycles. The maximum absolute atomic E-state index is 12.1. The van der Waals surface area contributed by atoms with E-state index in [9.17, 15) is 9.59 Å². The van der Waals surface area contributed by atoms with Crippen molar-refractivity contribution >= 4 is 14.8 Å². The van der Waals surface area contributed by atoms with E-state index in [0.29, 0.717) is 14.3 Å². The fourth-order valence-electron chi connectivity index (χ4n) is 4.29. The number of carbonyl (C=O) groups excluding carboxylic acids is 2. The molecule has 0 saturated heterocycles. The minimum Gasteiger partial charge on any atom is -1.00 e. The number of aryl methyl sites for hydroxylation is 2. The fraction of sp³-hybridized carbons (Fsp3) is 0.0857. The van der Waals surface area contributed by atoms with E-state index in [1.54, 1.807) is 48.5 Å². The predicted octanol–water partition coefficient (Wildman–Crippen LogP) is 1.56. The van der Waals surface area contributed by atoms with Gasteiger partial charge in [0.1, 0.15) is 0 Å². The van der Waals surface area contributed by atoms with E-state index in [1.165, 1.54) is 33.4 Å². The van der Waals surface area contributed by atoms with Gasteiger partial charge in [0.15, 0.2) is 0 Å². The molecule has 2 nitrogen and oxygen atoms in total. The SMILES string of the molecule is Cc1c[cH-]c(C)c1.O=C([C](=[Zr+2])C(=O)c1ccccc1)c1ccccc1.[Cl-].[Cl-].[c-]1cccc2c1Cc1ccccc1-2. The average molecular weight is 643 g/mol. The van der Waals surface area contributed by atoms with Gasteiger partial charge in [0.05, 0.1) is 0 Å². The normalized spacial score (nSPS) is 10.1. The smallest absolute Gasteiger partial charge is 0.0253 e. The monoisotopic (exact) mass is 640 g/mol. The Kier molecular flexibility index (Phi) is 13.4. The second-order valence-electron chi connectivity index (χ2n) is 9.13. The van der Waals surface area contributed by atoms with Crippen LogP contribution in [-0.4, -0.2) is 14.8 Å². The van der Waals surface area contributed by atoms with Crippen molar-refractivity contribution in [2.75, 3.05) is 0 Å². The number of Topliss-reactive ketones (excluding diaryl/α,β-unsaturated/α-hetero) is 2. The van der Waals surface area contributed by atoms with Crippen molar-refractivity contribution in [2.24, 2.45) is 0 Å². The molecule has 0 amide bonds. The summed E-state index contributed by atoms with van der Waals surface area (Å²) in [4.78, 5) is 24.2.